The standard InChI is InChI=1S/C25H27NO3/c1-15(25(27)28)13-23-16(2)18(4)24(19(5)17(23)3)20-8-10-21(11-9-20)26-14-22-7-6-12-29-22/h6-13,26H,14H2,1-5H3,(H,27,28). The quantitative estimate of drug-likeness (QED) is 0.487. The zero-order chi connectivity index (χ0) is 21.1. The van der Waals surface area contributed by atoms with Gasteiger partial charge in [0.25, 0.3) is 0 Å². The van der Waals surface area contributed by atoms with Gasteiger partial charge in [-0.25, -0.2) is 4.79 Å². The molecule has 4 heteroatoms. The van der Waals surface area contributed by atoms with Crippen LogP contribution in [-0.4, -0.2) is 11.1 Å². The summed E-state index contributed by atoms with van der Waals surface area (Å²) >= 11 is 0. The van der Waals surface area contributed by atoms with Crippen molar-refractivity contribution in [2.45, 2.75) is 41.2 Å². The first-order valence-electron chi connectivity index (χ1n) is 9.68. The van der Waals surface area contributed by atoms with Crippen LogP contribution in [0.25, 0.3) is 17.2 Å². The molecule has 1 aromatic heterocycles. The Morgan fingerprint density at radius 1 is 1.00 bits per heavy atom. The molecular weight excluding hydrogens is 362 g/mol. The Bertz CT molecular complexity index is 1030. The van der Waals surface area contributed by atoms with E-state index in [-0.39, 0.29) is 0 Å². The molecule has 2 aromatic carbocycles. The molecule has 0 saturated carbocycles. The molecule has 0 fully saturated rings. The van der Waals surface area contributed by atoms with Crippen LogP contribution < -0.4 is 5.32 Å². The van der Waals surface area contributed by atoms with Gasteiger partial charge < -0.3 is 14.8 Å². The van der Waals surface area contributed by atoms with E-state index in [1.165, 1.54) is 16.7 Å². The van der Waals surface area contributed by atoms with Crippen molar-refractivity contribution >= 4 is 17.7 Å². The fourth-order valence-corrected chi connectivity index (χ4v) is 3.63. The molecule has 0 aliphatic rings. The van der Waals surface area contributed by atoms with E-state index in [0.29, 0.717) is 12.1 Å². The Hall–Kier alpha value is -3.27. The Morgan fingerprint density at radius 3 is 2.14 bits per heavy atom. The number of carboxylic acids is 1. The third kappa shape index (κ3) is 4.27. The molecule has 0 aliphatic carbocycles. The van der Waals surface area contributed by atoms with Crippen molar-refractivity contribution in [3.8, 4) is 11.1 Å². The maximum atomic E-state index is 11.3. The minimum absolute atomic E-state index is 0.342. The lowest BCUT2D eigenvalue weighted by Gasteiger charge is -2.20. The van der Waals surface area contributed by atoms with Crippen LogP contribution in [0.4, 0.5) is 5.69 Å². The van der Waals surface area contributed by atoms with Gasteiger partial charge in [0.2, 0.25) is 0 Å². The van der Waals surface area contributed by atoms with Gasteiger partial charge in [-0.05, 0) is 104 Å². The number of carboxylic acid groups (broad SMARTS) is 1. The van der Waals surface area contributed by atoms with E-state index < -0.39 is 5.97 Å². The first-order chi connectivity index (χ1) is 13.8. The largest absolute Gasteiger partial charge is 0.478 e. The highest BCUT2D eigenvalue weighted by atomic mass is 16.4. The number of hydrogen-bond donors (Lipinski definition) is 2. The Balaban J connectivity index is 1.94. The van der Waals surface area contributed by atoms with Crippen molar-refractivity contribution in [3.63, 3.8) is 0 Å². The second-order valence-corrected chi connectivity index (χ2v) is 7.43. The van der Waals surface area contributed by atoms with E-state index in [9.17, 15) is 9.90 Å². The molecule has 2 N–H and O–H groups in total. The van der Waals surface area contributed by atoms with Crippen LogP contribution in [0.2, 0.25) is 0 Å². The Labute approximate surface area is 171 Å². The number of nitrogens with one attached hydrogen (secondary N) is 1. The summed E-state index contributed by atoms with van der Waals surface area (Å²) in [5.41, 5.74) is 9.32. The topological polar surface area (TPSA) is 62.5 Å². The number of anilines is 1. The van der Waals surface area contributed by atoms with Crippen molar-refractivity contribution in [2.24, 2.45) is 0 Å². The van der Waals surface area contributed by atoms with Crippen LogP contribution >= 0.6 is 0 Å². The number of furan rings is 1. The maximum absolute atomic E-state index is 11.3. The second-order valence-electron chi connectivity index (χ2n) is 7.43. The highest BCUT2D eigenvalue weighted by Crippen LogP contribution is 2.35. The SMILES string of the molecule is CC(=Cc1c(C)c(C)c(-c2ccc(NCc3ccco3)cc2)c(C)c1C)C(=O)O. The van der Waals surface area contributed by atoms with Crippen molar-refractivity contribution in [1.29, 1.82) is 0 Å². The average Bonchev–Trinajstić information content (AvgIpc) is 3.22. The highest BCUT2D eigenvalue weighted by molar-refractivity contribution is 5.92. The minimum Gasteiger partial charge on any atom is -0.478 e. The summed E-state index contributed by atoms with van der Waals surface area (Å²) in [6.07, 6.45) is 3.45. The Morgan fingerprint density at radius 2 is 1.62 bits per heavy atom. The zero-order valence-electron chi connectivity index (χ0n) is 17.6. The molecule has 0 spiro atoms. The van der Waals surface area contributed by atoms with Crippen molar-refractivity contribution in [1.82, 2.24) is 0 Å². The predicted molar refractivity (Wildman–Crippen MR) is 118 cm³/mol. The summed E-state index contributed by atoms with van der Waals surface area (Å²) in [7, 11) is 0. The predicted octanol–water partition coefficient (Wildman–Crippen LogP) is 6.28. The first-order valence-corrected chi connectivity index (χ1v) is 9.68. The van der Waals surface area contributed by atoms with Crippen molar-refractivity contribution < 1.29 is 14.3 Å². The summed E-state index contributed by atoms with van der Waals surface area (Å²) < 4.78 is 5.36. The van der Waals surface area contributed by atoms with Gasteiger partial charge in [0, 0.05) is 11.3 Å². The lowest BCUT2D eigenvalue weighted by atomic mass is 9.85. The molecule has 0 radical (unpaired) electrons. The van der Waals surface area contributed by atoms with Gasteiger partial charge in [-0.1, -0.05) is 12.1 Å². The minimum atomic E-state index is -0.888. The van der Waals surface area contributed by atoms with Gasteiger partial charge in [-0.15, -0.1) is 0 Å². The smallest absolute Gasteiger partial charge is 0.331 e. The number of aliphatic carboxylic acids is 1. The van der Waals surface area contributed by atoms with E-state index in [0.717, 1.165) is 33.7 Å². The fraction of sp³-hybridized carbons (Fsp3) is 0.240. The van der Waals surface area contributed by atoms with E-state index in [4.69, 9.17) is 4.42 Å². The monoisotopic (exact) mass is 389 g/mol. The normalized spacial score (nSPS) is 11.6. The summed E-state index contributed by atoms with van der Waals surface area (Å²) in [6, 6.07) is 12.2. The molecule has 0 saturated heterocycles. The van der Waals surface area contributed by atoms with Crippen LogP contribution in [0.5, 0.6) is 0 Å². The molecule has 0 unspecified atom stereocenters. The molecule has 29 heavy (non-hydrogen) atoms. The van der Waals surface area contributed by atoms with Crippen LogP contribution in [0.3, 0.4) is 0 Å². The Kier molecular flexibility index (Phi) is 5.92. The average molecular weight is 389 g/mol. The van der Waals surface area contributed by atoms with Crippen LogP contribution in [-0.2, 0) is 11.3 Å². The fourth-order valence-electron chi connectivity index (χ4n) is 3.63. The molecule has 0 bridgehead atoms. The molecule has 0 atom stereocenters. The molecule has 0 aliphatic heterocycles. The van der Waals surface area contributed by atoms with Gasteiger partial charge in [-0.3, -0.25) is 0 Å². The molecular formula is C25H27NO3. The number of rotatable bonds is 6. The van der Waals surface area contributed by atoms with Crippen LogP contribution in [0, 0.1) is 27.7 Å². The lowest BCUT2D eigenvalue weighted by molar-refractivity contribution is -0.132. The molecule has 1 heterocycles. The van der Waals surface area contributed by atoms with Gasteiger partial charge >= 0.3 is 5.97 Å². The van der Waals surface area contributed by atoms with E-state index in [1.54, 1.807) is 19.3 Å². The first kappa shape index (κ1) is 20.5. The van der Waals surface area contributed by atoms with E-state index >= 15 is 0 Å². The van der Waals surface area contributed by atoms with Crippen LogP contribution in [0.15, 0.2) is 52.7 Å². The third-order valence-corrected chi connectivity index (χ3v) is 5.60. The molecule has 0 amide bonds. The zero-order valence-corrected chi connectivity index (χ0v) is 17.6. The summed E-state index contributed by atoms with van der Waals surface area (Å²) in [5.74, 6) is 0.00753. The van der Waals surface area contributed by atoms with Gasteiger partial charge in [0.05, 0.1) is 12.8 Å². The third-order valence-electron chi connectivity index (χ3n) is 5.60. The number of benzene rings is 2. The highest BCUT2D eigenvalue weighted by Gasteiger charge is 2.16. The molecule has 4 nitrogen and oxygen atoms in total. The molecule has 3 rings (SSSR count). The summed E-state index contributed by atoms with van der Waals surface area (Å²) in [5, 5.41) is 12.6. The lowest BCUT2D eigenvalue weighted by Crippen LogP contribution is -2.02. The second kappa shape index (κ2) is 8.39. The van der Waals surface area contributed by atoms with E-state index in [1.807, 2.05) is 12.1 Å². The van der Waals surface area contributed by atoms with Crippen LogP contribution in [0.1, 0.15) is 40.5 Å². The van der Waals surface area contributed by atoms with Gasteiger partial charge in [0.15, 0.2) is 0 Å². The summed E-state index contributed by atoms with van der Waals surface area (Å²) in [4.78, 5) is 11.3. The molecule has 150 valence electrons. The summed E-state index contributed by atoms with van der Waals surface area (Å²) in [6.45, 7) is 10.6. The maximum Gasteiger partial charge on any atom is 0.331 e. The number of hydrogen-bond acceptors (Lipinski definition) is 3. The van der Waals surface area contributed by atoms with E-state index in [2.05, 4.69) is 57.3 Å². The van der Waals surface area contributed by atoms with Crippen molar-refractivity contribution in [2.75, 3.05) is 5.32 Å². The van der Waals surface area contributed by atoms with Gasteiger partial charge in [-0.2, -0.15) is 0 Å². The van der Waals surface area contributed by atoms with Crippen molar-refractivity contribution in [3.05, 3.63) is 81.8 Å². The van der Waals surface area contributed by atoms with Gasteiger partial charge in [0.1, 0.15) is 5.76 Å². The molecule has 3 aromatic rings. The number of carbonyl (C=O) groups is 1.